The molecule has 0 aliphatic heterocycles. The second kappa shape index (κ2) is 11.8. The van der Waals surface area contributed by atoms with Crippen LogP contribution in [0.1, 0.15) is 22.8 Å². The third-order valence-electron chi connectivity index (χ3n) is 4.19. The highest BCUT2D eigenvalue weighted by Gasteiger charge is 2.19. The van der Waals surface area contributed by atoms with E-state index in [1.54, 1.807) is 24.3 Å². The Morgan fingerprint density at radius 3 is 2.34 bits per heavy atom. The van der Waals surface area contributed by atoms with Crippen LogP contribution in [-0.2, 0) is 25.7 Å². The molecule has 0 fully saturated rings. The van der Waals surface area contributed by atoms with Gasteiger partial charge in [0.15, 0.2) is 0 Å². The maximum absolute atomic E-state index is 12.0. The zero-order valence-electron chi connectivity index (χ0n) is 17.3. The Hall–Kier alpha value is -4.28. The summed E-state index contributed by atoms with van der Waals surface area (Å²) >= 11 is 0. The van der Waals surface area contributed by atoms with Crippen molar-refractivity contribution in [3.8, 4) is 0 Å². The molecule has 0 saturated carbocycles. The predicted octanol–water partition coefficient (Wildman–Crippen LogP) is -1.39. The number of aromatic nitrogens is 1. The van der Waals surface area contributed by atoms with Gasteiger partial charge in [0.25, 0.3) is 11.8 Å². The quantitative estimate of drug-likeness (QED) is 0.285. The number of aromatic amines is 1. The number of H-pyrrole nitrogens is 1. The van der Waals surface area contributed by atoms with Crippen LogP contribution >= 0.6 is 0 Å². The van der Waals surface area contributed by atoms with Gasteiger partial charge in [-0.25, -0.2) is 0 Å². The van der Waals surface area contributed by atoms with Gasteiger partial charge in [0.05, 0.1) is 13.1 Å². The summed E-state index contributed by atoms with van der Waals surface area (Å²) in [6.07, 6.45) is 1.30. The van der Waals surface area contributed by atoms with E-state index in [0.29, 0.717) is 0 Å². The van der Waals surface area contributed by atoms with Crippen LogP contribution in [0.3, 0.4) is 0 Å². The number of carbonyl (C=O) groups is 5. The molecule has 0 bridgehead atoms. The van der Waals surface area contributed by atoms with Crippen LogP contribution < -0.4 is 26.8 Å². The maximum Gasteiger partial charge on any atom is 0.289 e. The van der Waals surface area contributed by atoms with Crippen molar-refractivity contribution in [2.45, 2.75) is 19.5 Å². The van der Waals surface area contributed by atoms with E-state index in [9.17, 15) is 28.8 Å². The third-order valence-corrected chi connectivity index (χ3v) is 4.19. The lowest BCUT2D eigenvalue weighted by Crippen LogP contribution is -2.49. The monoisotopic (exact) mass is 441 g/mol. The zero-order valence-corrected chi connectivity index (χ0v) is 17.3. The summed E-state index contributed by atoms with van der Waals surface area (Å²) in [5.41, 5.74) is 0.437. The molecule has 2 aromatic rings. The first kappa shape index (κ1) is 24.0. The van der Waals surface area contributed by atoms with Gasteiger partial charge in [-0.3, -0.25) is 28.8 Å². The van der Waals surface area contributed by atoms with E-state index in [0.717, 1.165) is 11.6 Å². The fourth-order valence-corrected chi connectivity index (χ4v) is 2.48. The van der Waals surface area contributed by atoms with Gasteiger partial charge in [-0.15, -0.1) is 0 Å². The van der Waals surface area contributed by atoms with Crippen molar-refractivity contribution in [2.24, 2.45) is 0 Å². The summed E-state index contributed by atoms with van der Waals surface area (Å²) < 4.78 is 0. The molecule has 0 saturated heterocycles. The summed E-state index contributed by atoms with van der Waals surface area (Å²) in [6.45, 7) is 0.601. The number of nitrogens with one attached hydrogen (secondary N) is 5. The summed E-state index contributed by atoms with van der Waals surface area (Å²) in [5, 5.41) is 9.40. The van der Waals surface area contributed by atoms with Crippen molar-refractivity contribution < 1.29 is 24.0 Å². The minimum atomic E-state index is -1.01. The zero-order chi connectivity index (χ0) is 23.5. The van der Waals surface area contributed by atoms with Gasteiger partial charge >= 0.3 is 0 Å². The van der Waals surface area contributed by atoms with Gasteiger partial charge in [0.1, 0.15) is 6.04 Å². The van der Waals surface area contributed by atoms with Gasteiger partial charge in [-0.05, 0) is 18.6 Å². The average Bonchev–Trinajstić information content (AvgIpc) is 2.79. The van der Waals surface area contributed by atoms with E-state index < -0.39 is 54.1 Å². The van der Waals surface area contributed by atoms with E-state index in [2.05, 4.69) is 26.3 Å². The van der Waals surface area contributed by atoms with Gasteiger partial charge in [-0.2, -0.15) is 0 Å². The number of hydrogen-bond acceptors (Lipinski definition) is 6. The molecule has 1 aromatic heterocycles. The number of Topliss-reactive ketones (excluding diaryl/α,β-unsaturated/α-hetero) is 1. The molecular weight excluding hydrogens is 418 g/mol. The SMILES string of the molecule is C[C@H](NC(=O)CNC(=O)c1cc[nH]c(=O)c1)C(=O)NCC(=O)C(=O)NCc1ccccc1. The number of hydrogen-bond donors (Lipinski definition) is 5. The average molecular weight is 441 g/mol. The molecule has 11 heteroatoms. The molecule has 2 rings (SSSR count). The molecule has 1 aromatic carbocycles. The second-order valence-electron chi connectivity index (χ2n) is 6.72. The van der Waals surface area contributed by atoms with Crippen molar-refractivity contribution in [1.82, 2.24) is 26.3 Å². The van der Waals surface area contributed by atoms with Crippen molar-refractivity contribution in [1.29, 1.82) is 0 Å². The first-order chi connectivity index (χ1) is 15.3. The Balaban J connectivity index is 1.69. The Kier molecular flexibility index (Phi) is 8.84. The second-order valence-corrected chi connectivity index (χ2v) is 6.72. The van der Waals surface area contributed by atoms with Crippen molar-refractivity contribution in [2.75, 3.05) is 13.1 Å². The van der Waals surface area contributed by atoms with Crippen molar-refractivity contribution in [3.05, 3.63) is 70.1 Å². The van der Waals surface area contributed by atoms with E-state index in [1.165, 1.54) is 19.2 Å². The number of carbonyl (C=O) groups excluding carboxylic acids is 5. The lowest BCUT2D eigenvalue weighted by atomic mass is 10.2. The summed E-state index contributed by atoms with van der Waals surface area (Å²) in [7, 11) is 0. The number of benzene rings is 1. The first-order valence-electron chi connectivity index (χ1n) is 9.65. The first-order valence-corrected chi connectivity index (χ1v) is 9.65. The number of rotatable bonds is 10. The van der Waals surface area contributed by atoms with E-state index in [1.807, 2.05) is 6.07 Å². The van der Waals surface area contributed by atoms with Gasteiger partial charge < -0.3 is 26.3 Å². The van der Waals surface area contributed by atoms with Crippen LogP contribution in [0.4, 0.5) is 0 Å². The molecule has 0 spiro atoms. The highest BCUT2D eigenvalue weighted by atomic mass is 16.2. The standard InChI is InChI=1S/C21H23N5O6/c1-13(26-18(29)12-25-20(31)15-7-8-22-17(28)9-15)19(30)24-11-16(27)21(32)23-10-14-5-3-2-4-6-14/h2-9,13H,10-12H2,1H3,(H,22,28)(H,23,32)(H,24,30)(H,25,31)(H,26,29)/t13-/m0/s1. The molecule has 1 atom stereocenters. The normalized spacial score (nSPS) is 11.0. The predicted molar refractivity (Wildman–Crippen MR) is 113 cm³/mol. The largest absolute Gasteiger partial charge is 0.347 e. The van der Waals surface area contributed by atoms with Crippen molar-refractivity contribution >= 4 is 29.4 Å². The summed E-state index contributed by atoms with van der Waals surface area (Å²) in [6, 6.07) is 10.4. The fraction of sp³-hybridized carbons (Fsp3) is 0.238. The molecule has 1 heterocycles. The van der Waals surface area contributed by atoms with Crippen LogP contribution in [0, 0.1) is 0 Å². The van der Waals surface area contributed by atoms with Crippen molar-refractivity contribution in [3.63, 3.8) is 0 Å². The van der Waals surface area contributed by atoms with Crippen LogP contribution in [0.5, 0.6) is 0 Å². The van der Waals surface area contributed by atoms with Crippen LogP contribution in [0.2, 0.25) is 0 Å². The van der Waals surface area contributed by atoms with Gasteiger partial charge in [0, 0.05) is 24.4 Å². The van der Waals surface area contributed by atoms with E-state index >= 15 is 0 Å². The lowest BCUT2D eigenvalue weighted by Gasteiger charge is -2.14. The lowest BCUT2D eigenvalue weighted by molar-refractivity contribution is -0.138. The highest BCUT2D eigenvalue weighted by molar-refractivity contribution is 6.37. The topological polar surface area (TPSA) is 166 Å². The summed E-state index contributed by atoms with van der Waals surface area (Å²) in [5.74, 6) is -3.64. The molecule has 11 nitrogen and oxygen atoms in total. The molecule has 4 amide bonds. The molecule has 0 unspecified atom stereocenters. The molecule has 168 valence electrons. The molecule has 0 aliphatic carbocycles. The number of pyridine rings is 1. The Labute approximate surface area is 183 Å². The summed E-state index contributed by atoms with van der Waals surface area (Å²) in [4.78, 5) is 73.1. The fourth-order valence-electron chi connectivity index (χ4n) is 2.48. The molecule has 0 aliphatic rings. The maximum atomic E-state index is 12.0. The third kappa shape index (κ3) is 7.86. The van der Waals surface area contributed by atoms with Crippen LogP contribution in [0.25, 0.3) is 0 Å². The molecular formula is C21H23N5O6. The highest BCUT2D eigenvalue weighted by Crippen LogP contribution is 1.97. The smallest absolute Gasteiger partial charge is 0.289 e. The minimum Gasteiger partial charge on any atom is -0.347 e. The molecule has 32 heavy (non-hydrogen) atoms. The molecule has 5 N–H and O–H groups in total. The van der Waals surface area contributed by atoms with Gasteiger partial charge in [0.2, 0.25) is 23.2 Å². The Bertz CT molecular complexity index is 1050. The van der Waals surface area contributed by atoms with Crippen LogP contribution in [-0.4, -0.2) is 53.5 Å². The van der Waals surface area contributed by atoms with E-state index in [4.69, 9.17) is 0 Å². The Morgan fingerprint density at radius 2 is 1.66 bits per heavy atom. The number of amides is 4. The van der Waals surface area contributed by atoms with Crippen LogP contribution in [0.15, 0.2) is 53.5 Å². The van der Waals surface area contributed by atoms with Gasteiger partial charge in [-0.1, -0.05) is 30.3 Å². The van der Waals surface area contributed by atoms with E-state index in [-0.39, 0.29) is 12.1 Å². The Morgan fingerprint density at radius 1 is 0.938 bits per heavy atom. The minimum absolute atomic E-state index is 0.0800. The molecule has 0 radical (unpaired) electrons. The number of ketones is 1.